The number of H-pyrrole nitrogens is 1. The molecular weight excluding hydrogens is 435 g/mol. The molecular formula is C22H22F3N7O. The largest absolute Gasteiger partial charge is 0.350 e. The average molecular weight is 457 g/mol. The molecule has 5 rings (SSSR count). The van der Waals surface area contributed by atoms with Crippen molar-refractivity contribution in [1.82, 2.24) is 29.4 Å². The molecule has 1 atom stereocenters. The summed E-state index contributed by atoms with van der Waals surface area (Å²) in [7, 11) is 1.77. The molecule has 1 aliphatic heterocycles. The third kappa shape index (κ3) is 3.87. The smallest absolute Gasteiger partial charge is 0.256 e. The van der Waals surface area contributed by atoms with Gasteiger partial charge in [0.25, 0.3) is 6.43 Å². The van der Waals surface area contributed by atoms with E-state index in [4.69, 9.17) is 0 Å². The van der Waals surface area contributed by atoms with E-state index in [1.807, 2.05) is 0 Å². The van der Waals surface area contributed by atoms with E-state index in [0.717, 1.165) is 0 Å². The van der Waals surface area contributed by atoms with Crippen LogP contribution in [0, 0.1) is 12.7 Å². The number of likely N-dealkylation sites (N-methyl/N-ethyl adjacent to an activating group) is 1. The standard InChI is InChI=1S/C22H22F3N7O/c1-11-28-20-16(23)5-12(6-17(20)32(11)10-18(24)25)14-7-26-21-15(14)8-27-22(30-21)29-13-3-4-19(33)31(2)9-13/h5-8,13,18H,3-4,9-10H2,1-2H3,(H2,26,27,29,30). The van der Waals surface area contributed by atoms with Gasteiger partial charge in [-0.05, 0) is 31.0 Å². The number of rotatable bonds is 5. The molecule has 3 aromatic heterocycles. The molecule has 8 nitrogen and oxygen atoms in total. The van der Waals surface area contributed by atoms with Crippen LogP contribution in [0.1, 0.15) is 18.7 Å². The van der Waals surface area contributed by atoms with Crippen molar-refractivity contribution in [1.29, 1.82) is 0 Å². The Hall–Kier alpha value is -3.63. The number of anilines is 1. The molecule has 4 heterocycles. The number of imidazole rings is 1. The van der Waals surface area contributed by atoms with Gasteiger partial charge in [-0.25, -0.2) is 23.1 Å². The van der Waals surface area contributed by atoms with Crippen LogP contribution in [0.4, 0.5) is 19.1 Å². The van der Waals surface area contributed by atoms with Crippen LogP contribution < -0.4 is 5.32 Å². The summed E-state index contributed by atoms with van der Waals surface area (Å²) in [5.41, 5.74) is 2.10. The van der Waals surface area contributed by atoms with Crippen LogP contribution in [0.5, 0.6) is 0 Å². The number of hydrogen-bond acceptors (Lipinski definition) is 5. The van der Waals surface area contributed by atoms with E-state index in [9.17, 15) is 18.0 Å². The van der Waals surface area contributed by atoms with Gasteiger partial charge in [0.1, 0.15) is 17.0 Å². The van der Waals surface area contributed by atoms with Crippen molar-refractivity contribution < 1.29 is 18.0 Å². The van der Waals surface area contributed by atoms with Gasteiger partial charge in [-0.15, -0.1) is 0 Å². The second-order valence-corrected chi connectivity index (χ2v) is 8.30. The topological polar surface area (TPSA) is 91.7 Å². The van der Waals surface area contributed by atoms with Gasteiger partial charge in [-0.3, -0.25) is 4.79 Å². The average Bonchev–Trinajstić information content (AvgIpc) is 3.32. The van der Waals surface area contributed by atoms with E-state index in [0.29, 0.717) is 58.8 Å². The SMILES string of the molecule is Cc1nc2c(F)cc(-c3c[nH]c4nc(NC5CCC(=O)N(C)C5)ncc34)cc2n1CC(F)F. The summed E-state index contributed by atoms with van der Waals surface area (Å²) < 4.78 is 42.2. The number of amides is 1. The number of benzene rings is 1. The minimum Gasteiger partial charge on any atom is -0.350 e. The first-order valence-corrected chi connectivity index (χ1v) is 10.6. The first kappa shape index (κ1) is 21.2. The Balaban J connectivity index is 1.48. The van der Waals surface area contributed by atoms with E-state index >= 15 is 0 Å². The number of nitrogens with one attached hydrogen (secondary N) is 2. The third-order valence-corrected chi connectivity index (χ3v) is 6.02. The van der Waals surface area contributed by atoms with Crippen molar-refractivity contribution in [2.45, 2.75) is 38.8 Å². The highest BCUT2D eigenvalue weighted by Crippen LogP contribution is 2.32. The molecule has 4 aromatic rings. The van der Waals surface area contributed by atoms with E-state index in [1.54, 1.807) is 37.3 Å². The van der Waals surface area contributed by atoms with Crippen molar-refractivity contribution >= 4 is 33.9 Å². The number of alkyl halides is 2. The third-order valence-electron chi connectivity index (χ3n) is 6.02. The minimum atomic E-state index is -2.58. The molecule has 0 radical (unpaired) electrons. The number of aryl methyl sites for hydroxylation is 1. The Morgan fingerprint density at radius 3 is 2.88 bits per heavy atom. The molecule has 0 aliphatic carbocycles. The summed E-state index contributed by atoms with van der Waals surface area (Å²) >= 11 is 0. The van der Waals surface area contributed by atoms with E-state index < -0.39 is 18.8 Å². The number of aromatic amines is 1. The zero-order chi connectivity index (χ0) is 23.3. The van der Waals surface area contributed by atoms with Crippen LogP contribution in [0.2, 0.25) is 0 Å². The van der Waals surface area contributed by atoms with E-state index in [-0.39, 0.29) is 17.5 Å². The summed E-state index contributed by atoms with van der Waals surface area (Å²) in [5.74, 6) is 0.293. The Morgan fingerprint density at radius 1 is 1.30 bits per heavy atom. The number of nitrogens with zero attached hydrogens (tertiary/aromatic N) is 5. The molecule has 172 valence electrons. The van der Waals surface area contributed by atoms with Crippen molar-refractivity contribution in [3.63, 3.8) is 0 Å². The minimum absolute atomic E-state index is 0.0504. The number of hydrogen-bond donors (Lipinski definition) is 2. The monoisotopic (exact) mass is 457 g/mol. The molecule has 1 aromatic carbocycles. The molecule has 1 saturated heterocycles. The zero-order valence-electron chi connectivity index (χ0n) is 18.1. The van der Waals surface area contributed by atoms with Crippen LogP contribution in [-0.2, 0) is 11.3 Å². The van der Waals surface area contributed by atoms with Crippen LogP contribution in [-0.4, -0.2) is 61.4 Å². The normalized spacial score (nSPS) is 17.0. The molecule has 33 heavy (non-hydrogen) atoms. The van der Waals surface area contributed by atoms with Crippen LogP contribution in [0.3, 0.4) is 0 Å². The summed E-state index contributed by atoms with van der Waals surface area (Å²) in [6.45, 7) is 1.59. The number of piperidine rings is 1. The van der Waals surface area contributed by atoms with Gasteiger partial charge in [0.15, 0.2) is 5.82 Å². The lowest BCUT2D eigenvalue weighted by Crippen LogP contribution is -2.43. The Kier molecular flexibility index (Phi) is 5.18. The molecule has 11 heteroatoms. The van der Waals surface area contributed by atoms with Crippen molar-refractivity contribution in [2.24, 2.45) is 0 Å². The molecule has 1 unspecified atom stereocenters. The Morgan fingerprint density at radius 2 is 2.12 bits per heavy atom. The van der Waals surface area contributed by atoms with Gasteiger partial charge >= 0.3 is 0 Å². The highest BCUT2D eigenvalue weighted by molar-refractivity contribution is 5.96. The maximum atomic E-state index is 14.8. The van der Waals surface area contributed by atoms with E-state index in [1.165, 1.54) is 10.6 Å². The van der Waals surface area contributed by atoms with E-state index in [2.05, 4.69) is 25.3 Å². The molecule has 0 spiro atoms. The van der Waals surface area contributed by atoms with Gasteiger partial charge in [0.05, 0.1) is 12.1 Å². The maximum Gasteiger partial charge on any atom is 0.256 e. The van der Waals surface area contributed by atoms with Crippen LogP contribution in [0.15, 0.2) is 24.5 Å². The van der Waals surface area contributed by atoms with Crippen LogP contribution >= 0.6 is 0 Å². The highest BCUT2D eigenvalue weighted by Gasteiger charge is 2.23. The lowest BCUT2D eigenvalue weighted by atomic mass is 10.1. The number of carbonyl (C=O) groups is 1. The number of likely N-dealkylation sites (tertiary alicyclic amines) is 1. The number of halogens is 3. The van der Waals surface area contributed by atoms with Crippen molar-refractivity contribution in [3.8, 4) is 11.1 Å². The predicted octanol–water partition coefficient (Wildman–Crippen LogP) is 3.72. The quantitative estimate of drug-likeness (QED) is 0.477. The van der Waals surface area contributed by atoms with Gasteiger partial charge < -0.3 is 19.8 Å². The lowest BCUT2D eigenvalue weighted by molar-refractivity contribution is -0.132. The van der Waals surface area contributed by atoms with Crippen LogP contribution in [0.25, 0.3) is 33.2 Å². The van der Waals surface area contributed by atoms with Gasteiger partial charge in [0.2, 0.25) is 11.9 Å². The van der Waals surface area contributed by atoms with Gasteiger partial charge in [-0.1, -0.05) is 0 Å². The number of aromatic nitrogens is 5. The fourth-order valence-corrected chi connectivity index (χ4v) is 4.35. The second kappa shape index (κ2) is 8.05. The summed E-state index contributed by atoms with van der Waals surface area (Å²) in [6.07, 6.45) is 1.92. The fraction of sp³-hybridized carbons (Fsp3) is 0.364. The van der Waals surface area contributed by atoms with Crippen molar-refractivity contribution in [3.05, 3.63) is 36.2 Å². The first-order valence-electron chi connectivity index (χ1n) is 10.6. The highest BCUT2D eigenvalue weighted by atomic mass is 19.3. The molecule has 1 fully saturated rings. The summed E-state index contributed by atoms with van der Waals surface area (Å²) in [4.78, 5) is 29.5. The molecule has 1 aliphatic rings. The van der Waals surface area contributed by atoms with Crippen molar-refractivity contribution in [2.75, 3.05) is 18.9 Å². The summed E-state index contributed by atoms with van der Waals surface area (Å²) in [6, 6.07) is 3.05. The molecule has 0 bridgehead atoms. The molecule has 0 saturated carbocycles. The number of fused-ring (bicyclic) bond motifs is 2. The second-order valence-electron chi connectivity index (χ2n) is 8.30. The zero-order valence-corrected chi connectivity index (χ0v) is 18.1. The number of carbonyl (C=O) groups excluding carboxylic acids is 1. The predicted molar refractivity (Wildman–Crippen MR) is 118 cm³/mol. The Bertz CT molecular complexity index is 1360. The lowest BCUT2D eigenvalue weighted by Gasteiger charge is -2.30. The fourth-order valence-electron chi connectivity index (χ4n) is 4.35. The first-order chi connectivity index (χ1) is 15.8. The molecule has 2 N–H and O–H groups in total. The van der Waals surface area contributed by atoms with Gasteiger partial charge in [-0.2, -0.15) is 4.98 Å². The maximum absolute atomic E-state index is 14.8. The molecule has 1 amide bonds. The summed E-state index contributed by atoms with van der Waals surface area (Å²) in [5, 5.41) is 3.93. The van der Waals surface area contributed by atoms with Gasteiger partial charge in [0, 0.05) is 49.4 Å². The Labute approximate surface area is 186 Å².